The number of aliphatic imine (C=N–C) groups is 1. The standard InChI is InChI=1S/C33H41N5O5.HI/c1-3-34-33(35-4-2)36-21-11-16-28(31(42)37-22-29(40)41)38(23-24-17-19-27(39)20-18-24)32(43)30(25-12-7-5-8-13-25)26-14-9-6-10-15-26;/h5-10,12-15,17-20,28,30,39H,3-4,11,16,21-23H2,1-2H3,(H,37,42)(H,40,41)(H2,34,35,36);1H/t28-;/m1./s1. The van der Waals surface area contributed by atoms with Crippen molar-refractivity contribution in [1.82, 2.24) is 20.9 Å². The molecule has 10 nitrogen and oxygen atoms in total. The van der Waals surface area contributed by atoms with Crippen molar-refractivity contribution in [2.75, 3.05) is 26.2 Å². The van der Waals surface area contributed by atoms with Gasteiger partial charge >= 0.3 is 5.97 Å². The van der Waals surface area contributed by atoms with E-state index < -0.39 is 30.4 Å². The number of carboxylic acids is 1. The highest BCUT2D eigenvalue weighted by atomic mass is 127. The normalized spacial score (nSPS) is 11.1. The van der Waals surface area contributed by atoms with E-state index in [2.05, 4.69) is 20.9 Å². The molecule has 44 heavy (non-hydrogen) atoms. The Bertz CT molecular complexity index is 1290. The van der Waals surface area contributed by atoms with Gasteiger partial charge in [-0.2, -0.15) is 0 Å². The second kappa shape index (κ2) is 19.2. The van der Waals surface area contributed by atoms with E-state index in [9.17, 15) is 24.6 Å². The smallest absolute Gasteiger partial charge is 0.322 e. The first-order valence-corrected chi connectivity index (χ1v) is 14.5. The van der Waals surface area contributed by atoms with Crippen LogP contribution in [0.25, 0.3) is 0 Å². The fourth-order valence-electron chi connectivity index (χ4n) is 4.77. The van der Waals surface area contributed by atoms with E-state index in [1.807, 2.05) is 74.5 Å². The number of hydrogen-bond acceptors (Lipinski definition) is 5. The lowest BCUT2D eigenvalue weighted by Crippen LogP contribution is -2.51. The number of carbonyl (C=O) groups is 3. The van der Waals surface area contributed by atoms with Crippen LogP contribution in [0.15, 0.2) is 89.9 Å². The summed E-state index contributed by atoms with van der Waals surface area (Å²) in [7, 11) is 0. The molecule has 0 radical (unpaired) electrons. The number of phenolic OH excluding ortho intramolecular Hbond substituents is 1. The van der Waals surface area contributed by atoms with Gasteiger partial charge in [0.1, 0.15) is 18.3 Å². The van der Waals surface area contributed by atoms with Crippen molar-refractivity contribution >= 4 is 47.7 Å². The first-order chi connectivity index (χ1) is 20.8. The lowest BCUT2D eigenvalue weighted by molar-refractivity contribution is -0.143. The second-order valence-electron chi connectivity index (χ2n) is 9.95. The summed E-state index contributed by atoms with van der Waals surface area (Å²) in [6.07, 6.45) is 0.715. The maximum Gasteiger partial charge on any atom is 0.322 e. The Kier molecular flexibility index (Phi) is 15.7. The van der Waals surface area contributed by atoms with Crippen LogP contribution < -0.4 is 16.0 Å². The zero-order chi connectivity index (χ0) is 31.0. The number of carbonyl (C=O) groups excluding carboxylic acids is 2. The van der Waals surface area contributed by atoms with Gasteiger partial charge in [-0.3, -0.25) is 19.4 Å². The summed E-state index contributed by atoms with van der Waals surface area (Å²) < 4.78 is 0. The van der Waals surface area contributed by atoms with Gasteiger partial charge in [-0.25, -0.2) is 0 Å². The molecule has 0 aliphatic carbocycles. The Morgan fingerprint density at radius 3 is 1.86 bits per heavy atom. The van der Waals surface area contributed by atoms with E-state index >= 15 is 0 Å². The zero-order valence-corrected chi connectivity index (χ0v) is 27.4. The van der Waals surface area contributed by atoms with Crippen molar-refractivity contribution in [3.05, 3.63) is 102 Å². The van der Waals surface area contributed by atoms with E-state index in [1.165, 1.54) is 17.0 Å². The summed E-state index contributed by atoms with van der Waals surface area (Å²) in [6, 6.07) is 24.2. The third-order valence-corrected chi connectivity index (χ3v) is 6.77. The van der Waals surface area contributed by atoms with Gasteiger partial charge in [0.15, 0.2) is 5.96 Å². The van der Waals surface area contributed by atoms with Crippen LogP contribution in [0, 0.1) is 0 Å². The quantitative estimate of drug-likeness (QED) is 0.0691. The Balaban J connectivity index is 0.00000675. The molecule has 11 heteroatoms. The fourth-order valence-corrected chi connectivity index (χ4v) is 4.77. The number of guanidine groups is 1. The summed E-state index contributed by atoms with van der Waals surface area (Å²) in [5.74, 6) is -2.01. The molecule has 3 aromatic rings. The van der Waals surface area contributed by atoms with Crippen molar-refractivity contribution in [3.63, 3.8) is 0 Å². The van der Waals surface area contributed by atoms with E-state index in [0.717, 1.165) is 11.1 Å². The molecule has 0 aromatic heterocycles. The molecule has 0 aliphatic rings. The summed E-state index contributed by atoms with van der Waals surface area (Å²) >= 11 is 0. The number of aromatic hydroxyl groups is 1. The van der Waals surface area contributed by atoms with E-state index in [-0.39, 0.29) is 48.6 Å². The summed E-state index contributed by atoms with van der Waals surface area (Å²) in [6.45, 7) is 5.23. The summed E-state index contributed by atoms with van der Waals surface area (Å²) in [5, 5.41) is 27.9. The van der Waals surface area contributed by atoms with Crippen molar-refractivity contribution in [3.8, 4) is 5.75 Å². The van der Waals surface area contributed by atoms with Crippen LogP contribution >= 0.6 is 24.0 Å². The number of rotatable bonds is 15. The van der Waals surface area contributed by atoms with E-state index in [0.29, 0.717) is 37.6 Å². The van der Waals surface area contributed by atoms with Crippen LogP contribution in [0.3, 0.4) is 0 Å². The molecule has 1 atom stereocenters. The van der Waals surface area contributed by atoms with Crippen molar-refractivity contribution in [1.29, 1.82) is 0 Å². The minimum Gasteiger partial charge on any atom is -0.508 e. The average molecular weight is 716 g/mol. The van der Waals surface area contributed by atoms with Gasteiger partial charge in [0, 0.05) is 26.2 Å². The van der Waals surface area contributed by atoms with Crippen LogP contribution in [0.1, 0.15) is 49.3 Å². The molecule has 2 amide bonds. The second-order valence-corrected chi connectivity index (χ2v) is 9.95. The Morgan fingerprint density at radius 2 is 1.36 bits per heavy atom. The van der Waals surface area contributed by atoms with Crippen molar-refractivity contribution < 1.29 is 24.6 Å². The van der Waals surface area contributed by atoms with Crippen LogP contribution in [0.4, 0.5) is 0 Å². The Labute approximate surface area is 276 Å². The average Bonchev–Trinajstić information content (AvgIpc) is 3.01. The summed E-state index contributed by atoms with van der Waals surface area (Å²) in [5.41, 5.74) is 2.25. The molecule has 3 rings (SSSR count). The minimum atomic E-state index is -1.18. The van der Waals surface area contributed by atoms with E-state index in [1.54, 1.807) is 12.1 Å². The Hall–Kier alpha value is -4.13. The summed E-state index contributed by atoms with van der Waals surface area (Å²) in [4.78, 5) is 45.7. The van der Waals surface area contributed by atoms with Crippen molar-refractivity contribution in [2.45, 2.75) is 45.2 Å². The van der Waals surface area contributed by atoms with Crippen LogP contribution in [-0.4, -0.2) is 71.1 Å². The number of nitrogens with zero attached hydrogens (tertiary/aromatic N) is 2. The van der Waals surface area contributed by atoms with E-state index in [4.69, 9.17) is 0 Å². The van der Waals surface area contributed by atoms with Gasteiger partial charge in [0.2, 0.25) is 11.8 Å². The SMILES string of the molecule is CCNC(=NCCC[C@H](C(=O)NCC(=O)O)N(Cc1ccc(O)cc1)C(=O)C(c1ccccc1)c1ccccc1)NCC.I. The number of halogens is 1. The molecular formula is C33H42IN5O5. The monoisotopic (exact) mass is 715 g/mol. The largest absolute Gasteiger partial charge is 0.508 e. The van der Waals surface area contributed by atoms with Gasteiger partial charge in [-0.15, -0.1) is 24.0 Å². The predicted molar refractivity (Wildman–Crippen MR) is 182 cm³/mol. The molecule has 236 valence electrons. The third kappa shape index (κ3) is 11.2. The molecule has 0 bridgehead atoms. The highest BCUT2D eigenvalue weighted by Gasteiger charge is 2.35. The number of nitrogens with one attached hydrogen (secondary N) is 3. The highest BCUT2D eigenvalue weighted by Crippen LogP contribution is 2.29. The topological polar surface area (TPSA) is 143 Å². The molecular weight excluding hydrogens is 673 g/mol. The lowest BCUT2D eigenvalue weighted by Gasteiger charge is -2.34. The van der Waals surface area contributed by atoms with Crippen LogP contribution in [0.2, 0.25) is 0 Å². The molecule has 0 unspecified atom stereocenters. The maximum absolute atomic E-state index is 14.6. The van der Waals surface area contributed by atoms with Gasteiger partial charge in [-0.1, -0.05) is 72.8 Å². The maximum atomic E-state index is 14.6. The zero-order valence-electron chi connectivity index (χ0n) is 25.1. The predicted octanol–water partition coefficient (Wildman–Crippen LogP) is 4.10. The minimum absolute atomic E-state index is 0. The number of benzene rings is 3. The van der Waals surface area contributed by atoms with Gasteiger partial charge < -0.3 is 31.1 Å². The van der Waals surface area contributed by atoms with Crippen LogP contribution in [-0.2, 0) is 20.9 Å². The van der Waals surface area contributed by atoms with Crippen LogP contribution in [0.5, 0.6) is 5.75 Å². The number of phenols is 1. The molecule has 0 fully saturated rings. The molecule has 0 aliphatic heterocycles. The first kappa shape index (κ1) is 36.1. The number of hydrogen-bond donors (Lipinski definition) is 5. The number of aliphatic carboxylic acids is 1. The first-order valence-electron chi connectivity index (χ1n) is 14.5. The lowest BCUT2D eigenvalue weighted by atomic mass is 9.89. The molecule has 0 saturated carbocycles. The van der Waals surface area contributed by atoms with Gasteiger partial charge in [-0.05, 0) is 55.5 Å². The molecule has 0 heterocycles. The molecule has 0 saturated heterocycles. The number of carboxylic acid groups (broad SMARTS) is 1. The molecule has 3 aromatic carbocycles. The van der Waals surface area contributed by atoms with Gasteiger partial charge in [0.25, 0.3) is 0 Å². The highest BCUT2D eigenvalue weighted by molar-refractivity contribution is 14.0. The number of amides is 2. The fraction of sp³-hybridized carbons (Fsp3) is 0.333. The van der Waals surface area contributed by atoms with Crippen molar-refractivity contribution in [2.24, 2.45) is 4.99 Å². The Morgan fingerprint density at radius 1 is 0.818 bits per heavy atom. The third-order valence-electron chi connectivity index (χ3n) is 6.77. The molecule has 0 spiro atoms. The van der Waals surface area contributed by atoms with Gasteiger partial charge in [0.05, 0.1) is 5.92 Å². The molecule has 5 N–H and O–H groups in total.